The number of nitrogens with one attached hydrogen (secondary N) is 1. The Labute approximate surface area is 97.4 Å². The van der Waals surface area contributed by atoms with Crippen LogP contribution in [-0.4, -0.2) is 29.6 Å². The van der Waals surface area contributed by atoms with Crippen molar-refractivity contribution in [3.8, 4) is 0 Å². The molecule has 0 radical (unpaired) electrons. The van der Waals surface area contributed by atoms with Crippen LogP contribution in [0.2, 0.25) is 0 Å². The van der Waals surface area contributed by atoms with Gasteiger partial charge in [0, 0.05) is 18.7 Å². The maximum absolute atomic E-state index is 8.78. The van der Waals surface area contributed by atoms with Gasteiger partial charge in [0.1, 0.15) is 17.9 Å². The number of rotatable bonds is 5. The molecule has 0 aliphatic rings. The molecule has 0 aliphatic heterocycles. The standard InChI is InChI=1S/C10H15N3O2S/c1-2-12-10-6-8-7(5-9(11)16-8)13(10)15-4-3-14/h5-6,12,14H,2-4,11H2,1H3. The summed E-state index contributed by atoms with van der Waals surface area (Å²) in [5, 5.41) is 12.7. The number of hydrogen-bond donors (Lipinski definition) is 3. The highest BCUT2D eigenvalue weighted by atomic mass is 32.1. The Hall–Kier alpha value is -1.40. The van der Waals surface area contributed by atoms with E-state index in [1.165, 1.54) is 11.3 Å². The van der Waals surface area contributed by atoms with Crippen molar-refractivity contribution in [1.29, 1.82) is 0 Å². The van der Waals surface area contributed by atoms with Gasteiger partial charge in [0.15, 0.2) is 0 Å². The highest BCUT2D eigenvalue weighted by Crippen LogP contribution is 2.32. The van der Waals surface area contributed by atoms with Crippen molar-refractivity contribution in [1.82, 2.24) is 4.73 Å². The molecule has 0 saturated carbocycles. The summed E-state index contributed by atoms with van der Waals surface area (Å²) in [5.74, 6) is 0.886. The zero-order valence-electron chi connectivity index (χ0n) is 9.06. The number of nitrogens with two attached hydrogens (primary N) is 1. The Balaban J connectivity index is 2.40. The summed E-state index contributed by atoms with van der Waals surface area (Å²) in [7, 11) is 0. The Kier molecular flexibility index (Phi) is 3.21. The van der Waals surface area contributed by atoms with Gasteiger partial charge in [-0.1, -0.05) is 0 Å². The molecule has 0 spiro atoms. The summed E-state index contributed by atoms with van der Waals surface area (Å²) >= 11 is 1.52. The van der Waals surface area contributed by atoms with Crippen molar-refractivity contribution in [2.24, 2.45) is 0 Å². The molecule has 2 rings (SSSR count). The average molecular weight is 241 g/mol. The molecule has 0 fully saturated rings. The number of nitrogen functional groups attached to an aromatic ring is 1. The third kappa shape index (κ3) is 1.94. The molecule has 88 valence electrons. The zero-order chi connectivity index (χ0) is 11.5. The minimum absolute atomic E-state index is 0.00907. The molecular formula is C10H15N3O2S. The van der Waals surface area contributed by atoms with Crippen molar-refractivity contribution in [3.05, 3.63) is 12.1 Å². The molecule has 0 unspecified atom stereocenters. The van der Waals surface area contributed by atoms with Gasteiger partial charge in [0.25, 0.3) is 0 Å². The minimum Gasteiger partial charge on any atom is -0.409 e. The van der Waals surface area contributed by atoms with Crippen LogP contribution in [0.3, 0.4) is 0 Å². The van der Waals surface area contributed by atoms with E-state index in [4.69, 9.17) is 15.7 Å². The predicted octanol–water partition coefficient (Wildman–Crippen LogP) is 1.14. The normalized spacial score (nSPS) is 10.9. The third-order valence-corrected chi connectivity index (χ3v) is 3.03. The van der Waals surface area contributed by atoms with Crippen molar-refractivity contribution >= 4 is 32.4 Å². The van der Waals surface area contributed by atoms with E-state index in [1.54, 1.807) is 4.73 Å². The van der Waals surface area contributed by atoms with Crippen LogP contribution in [0.5, 0.6) is 0 Å². The Morgan fingerprint density at radius 2 is 2.38 bits per heavy atom. The molecule has 2 aromatic heterocycles. The maximum atomic E-state index is 8.78. The number of fused-ring (bicyclic) bond motifs is 1. The van der Waals surface area contributed by atoms with Crippen LogP contribution in [0.25, 0.3) is 10.2 Å². The lowest BCUT2D eigenvalue weighted by Gasteiger charge is -2.11. The fourth-order valence-corrected chi connectivity index (χ4v) is 2.41. The molecule has 2 aromatic rings. The molecule has 0 aliphatic carbocycles. The van der Waals surface area contributed by atoms with Gasteiger partial charge in [-0.2, -0.15) is 4.73 Å². The molecule has 0 amide bonds. The summed E-state index contributed by atoms with van der Waals surface area (Å²) in [6.45, 7) is 3.09. The monoisotopic (exact) mass is 241 g/mol. The van der Waals surface area contributed by atoms with Gasteiger partial charge in [-0.05, 0) is 6.92 Å². The van der Waals surface area contributed by atoms with Crippen LogP contribution < -0.4 is 15.9 Å². The Morgan fingerprint density at radius 1 is 1.56 bits per heavy atom. The number of aliphatic hydroxyl groups is 1. The van der Waals surface area contributed by atoms with E-state index in [0.717, 1.165) is 27.6 Å². The predicted molar refractivity (Wildman–Crippen MR) is 66.9 cm³/mol. The average Bonchev–Trinajstić information content (AvgIpc) is 2.73. The summed E-state index contributed by atoms with van der Waals surface area (Å²) < 4.78 is 2.76. The lowest BCUT2D eigenvalue weighted by atomic mass is 10.5. The molecule has 5 nitrogen and oxygen atoms in total. The molecule has 16 heavy (non-hydrogen) atoms. The number of anilines is 2. The lowest BCUT2D eigenvalue weighted by molar-refractivity contribution is 0.0864. The number of aromatic nitrogens is 1. The van der Waals surface area contributed by atoms with E-state index in [1.807, 2.05) is 19.1 Å². The second-order valence-corrected chi connectivity index (χ2v) is 4.42. The smallest absolute Gasteiger partial charge is 0.144 e. The van der Waals surface area contributed by atoms with Crippen molar-refractivity contribution in [2.75, 3.05) is 30.8 Å². The van der Waals surface area contributed by atoms with Gasteiger partial charge in [0.2, 0.25) is 0 Å². The van der Waals surface area contributed by atoms with Gasteiger partial charge >= 0.3 is 0 Å². The van der Waals surface area contributed by atoms with E-state index in [-0.39, 0.29) is 13.2 Å². The second kappa shape index (κ2) is 4.63. The first-order valence-corrected chi connectivity index (χ1v) is 5.96. The molecule has 4 N–H and O–H groups in total. The summed E-state index contributed by atoms with van der Waals surface area (Å²) in [5.41, 5.74) is 6.67. The Bertz CT molecular complexity index is 478. The third-order valence-electron chi connectivity index (χ3n) is 2.13. The van der Waals surface area contributed by atoms with E-state index in [9.17, 15) is 0 Å². The van der Waals surface area contributed by atoms with Crippen molar-refractivity contribution < 1.29 is 9.94 Å². The fourth-order valence-electron chi connectivity index (χ4n) is 1.56. The van der Waals surface area contributed by atoms with E-state index in [0.29, 0.717) is 0 Å². The Morgan fingerprint density at radius 3 is 3.06 bits per heavy atom. The first-order chi connectivity index (χ1) is 7.76. The molecule has 0 atom stereocenters. The van der Waals surface area contributed by atoms with Gasteiger partial charge in [0.05, 0.1) is 16.3 Å². The van der Waals surface area contributed by atoms with Crippen molar-refractivity contribution in [2.45, 2.75) is 6.92 Å². The molecule has 2 heterocycles. The molecule has 0 bridgehead atoms. The van der Waals surface area contributed by atoms with Crippen LogP contribution >= 0.6 is 11.3 Å². The van der Waals surface area contributed by atoms with Crippen LogP contribution in [0.1, 0.15) is 6.92 Å². The zero-order valence-corrected chi connectivity index (χ0v) is 9.88. The number of aliphatic hydroxyl groups excluding tert-OH is 1. The quantitative estimate of drug-likeness (QED) is 0.734. The first kappa shape index (κ1) is 11.1. The number of thiophene rings is 1. The van der Waals surface area contributed by atoms with Crippen LogP contribution in [-0.2, 0) is 0 Å². The van der Waals surface area contributed by atoms with E-state index < -0.39 is 0 Å². The molecule has 0 saturated heterocycles. The number of hydrogen-bond acceptors (Lipinski definition) is 5. The summed E-state index contributed by atoms with van der Waals surface area (Å²) in [6, 6.07) is 3.87. The second-order valence-electron chi connectivity index (χ2n) is 3.31. The van der Waals surface area contributed by atoms with Gasteiger partial charge in [-0.15, -0.1) is 11.3 Å². The first-order valence-electron chi connectivity index (χ1n) is 5.15. The molecule has 0 aromatic carbocycles. The van der Waals surface area contributed by atoms with Gasteiger partial charge in [-0.3, -0.25) is 0 Å². The lowest BCUT2D eigenvalue weighted by Crippen LogP contribution is -2.17. The van der Waals surface area contributed by atoms with Crippen LogP contribution in [0.4, 0.5) is 10.8 Å². The van der Waals surface area contributed by atoms with E-state index in [2.05, 4.69) is 5.32 Å². The fraction of sp³-hybridized carbons (Fsp3) is 0.400. The molecule has 6 heteroatoms. The van der Waals surface area contributed by atoms with E-state index >= 15 is 0 Å². The highest BCUT2D eigenvalue weighted by Gasteiger charge is 2.11. The van der Waals surface area contributed by atoms with Crippen LogP contribution in [0.15, 0.2) is 12.1 Å². The highest BCUT2D eigenvalue weighted by molar-refractivity contribution is 7.22. The maximum Gasteiger partial charge on any atom is 0.144 e. The number of nitrogens with zero attached hydrogens (tertiary/aromatic N) is 1. The minimum atomic E-state index is -0.00907. The van der Waals surface area contributed by atoms with Crippen molar-refractivity contribution in [3.63, 3.8) is 0 Å². The van der Waals surface area contributed by atoms with Gasteiger partial charge in [-0.25, -0.2) is 0 Å². The van der Waals surface area contributed by atoms with Gasteiger partial charge < -0.3 is 21.0 Å². The largest absolute Gasteiger partial charge is 0.409 e. The SMILES string of the molecule is CCNc1cc2sc(N)cc2n1OCCO. The molecular weight excluding hydrogens is 226 g/mol. The van der Waals surface area contributed by atoms with Crippen LogP contribution in [0, 0.1) is 0 Å². The summed E-state index contributed by atoms with van der Waals surface area (Å²) in [6.07, 6.45) is 0. The topological polar surface area (TPSA) is 72.4 Å². The summed E-state index contributed by atoms with van der Waals surface area (Å²) in [4.78, 5) is 5.46.